The Hall–Kier alpha value is -1.12. The molecule has 1 saturated carbocycles. The van der Waals surface area contributed by atoms with E-state index in [1.807, 2.05) is 11.3 Å². The summed E-state index contributed by atoms with van der Waals surface area (Å²) < 4.78 is 0. The van der Waals surface area contributed by atoms with Gasteiger partial charge in [0.25, 0.3) is 0 Å². The Labute approximate surface area is 113 Å². The second-order valence-electron chi connectivity index (χ2n) is 5.79. The molecular formula is C16H19NS. The zero-order valence-electron chi connectivity index (χ0n) is 10.9. The lowest BCUT2D eigenvalue weighted by Gasteiger charge is -2.04. The van der Waals surface area contributed by atoms with Crippen LogP contribution in [0.2, 0.25) is 0 Å². The summed E-state index contributed by atoms with van der Waals surface area (Å²) in [6.07, 6.45) is 1.31. The van der Waals surface area contributed by atoms with Crippen LogP contribution in [-0.2, 0) is 6.54 Å². The van der Waals surface area contributed by atoms with Gasteiger partial charge in [-0.2, -0.15) is 0 Å². The molecule has 18 heavy (non-hydrogen) atoms. The van der Waals surface area contributed by atoms with Gasteiger partial charge in [0, 0.05) is 17.5 Å². The summed E-state index contributed by atoms with van der Waals surface area (Å²) in [5.41, 5.74) is 3.17. The van der Waals surface area contributed by atoms with Gasteiger partial charge in [-0.3, -0.25) is 0 Å². The highest BCUT2D eigenvalue weighted by Gasteiger charge is 2.44. The molecule has 1 nitrogen and oxygen atoms in total. The number of thiophene rings is 1. The maximum atomic E-state index is 3.64. The van der Waals surface area contributed by atoms with E-state index in [1.165, 1.54) is 22.4 Å². The minimum absolute atomic E-state index is 0.513. The number of rotatable bonds is 4. The largest absolute Gasteiger partial charge is 0.309 e. The average Bonchev–Trinajstić information content (AvgIpc) is 2.79. The zero-order valence-corrected chi connectivity index (χ0v) is 11.8. The fourth-order valence-corrected chi connectivity index (χ4v) is 3.14. The summed E-state index contributed by atoms with van der Waals surface area (Å²) in [5, 5.41) is 5.89. The van der Waals surface area contributed by atoms with E-state index in [1.54, 1.807) is 0 Å². The first-order valence-electron chi connectivity index (χ1n) is 6.51. The SMILES string of the molecule is CC1(C)CC1NCc1cc(-c2ccccc2)cs1. The average molecular weight is 257 g/mol. The van der Waals surface area contributed by atoms with Gasteiger partial charge in [-0.25, -0.2) is 0 Å². The minimum atomic E-state index is 0.513. The van der Waals surface area contributed by atoms with E-state index in [-0.39, 0.29) is 0 Å². The number of hydrogen-bond acceptors (Lipinski definition) is 2. The van der Waals surface area contributed by atoms with Gasteiger partial charge >= 0.3 is 0 Å². The highest BCUT2D eigenvalue weighted by molar-refractivity contribution is 7.10. The molecule has 0 saturated heterocycles. The van der Waals surface area contributed by atoms with Crippen LogP contribution < -0.4 is 5.32 Å². The maximum absolute atomic E-state index is 3.64. The van der Waals surface area contributed by atoms with E-state index in [2.05, 4.69) is 60.9 Å². The lowest BCUT2D eigenvalue weighted by Crippen LogP contribution is -2.19. The normalized spacial score (nSPS) is 20.9. The summed E-state index contributed by atoms with van der Waals surface area (Å²) in [5.74, 6) is 0. The minimum Gasteiger partial charge on any atom is -0.309 e. The molecule has 1 heterocycles. The molecule has 1 aromatic heterocycles. The van der Waals surface area contributed by atoms with Crippen molar-refractivity contribution in [1.29, 1.82) is 0 Å². The monoisotopic (exact) mass is 257 g/mol. The molecule has 94 valence electrons. The van der Waals surface area contributed by atoms with E-state index >= 15 is 0 Å². The number of hydrogen-bond donors (Lipinski definition) is 1. The van der Waals surface area contributed by atoms with Gasteiger partial charge in [0.15, 0.2) is 0 Å². The molecule has 1 atom stereocenters. The lowest BCUT2D eigenvalue weighted by molar-refractivity contribution is 0.544. The molecule has 1 fully saturated rings. The zero-order chi connectivity index (χ0) is 12.6. The van der Waals surface area contributed by atoms with Crippen LogP contribution in [0.15, 0.2) is 41.8 Å². The summed E-state index contributed by atoms with van der Waals surface area (Å²) >= 11 is 1.85. The van der Waals surface area contributed by atoms with Crippen molar-refractivity contribution in [2.24, 2.45) is 5.41 Å². The fourth-order valence-electron chi connectivity index (χ4n) is 2.29. The molecule has 1 aliphatic rings. The fraction of sp³-hybridized carbons (Fsp3) is 0.375. The second-order valence-corrected chi connectivity index (χ2v) is 6.79. The summed E-state index contributed by atoms with van der Waals surface area (Å²) in [6, 6.07) is 13.6. The Bertz CT molecular complexity index is 527. The van der Waals surface area contributed by atoms with Crippen LogP contribution in [-0.4, -0.2) is 6.04 Å². The van der Waals surface area contributed by atoms with E-state index in [0.717, 1.165) is 6.54 Å². The molecule has 1 N–H and O–H groups in total. The molecule has 2 aromatic rings. The topological polar surface area (TPSA) is 12.0 Å². The first kappa shape index (κ1) is 11.9. The van der Waals surface area contributed by atoms with Crippen molar-refractivity contribution >= 4 is 11.3 Å². The Morgan fingerprint density at radius 3 is 2.61 bits per heavy atom. The Morgan fingerprint density at radius 2 is 1.94 bits per heavy atom. The van der Waals surface area contributed by atoms with Crippen LogP contribution in [0.25, 0.3) is 11.1 Å². The van der Waals surface area contributed by atoms with Crippen molar-refractivity contribution < 1.29 is 0 Å². The van der Waals surface area contributed by atoms with Crippen molar-refractivity contribution in [2.75, 3.05) is 0 Å². The summed E-state index contributed by atoms with van der Waals surface area (Å²) in [4.78, 5) is 1.43. The standard InChI is InChI=1S/C16H19NS/c1-16(2)9-15(16)17-10-14-8-13(11-18-14)12-6-4-3-5-7-12/h3-8,11,15,17H,9-10H2,1-2H3. The first-order valence-corrected chi connectivity index (χ1v) is 7.39. The summed E-state index contributed by atoms with van der Waals surface area (Å²) in [6.45, 7) is 5.66. The quantitative estimate of drug-likeness (QED) is 0.861. The maximum Gasteiger partial charge on any atom is 0.0302 e. The smallest absolute Gasteiger partial charge is 0.0302 e. The van der Waals surface area contributed by atoms with Crippen molar-refractivity contribution in [3.8, 4) is 11.1 Å². The van der Waals surface area contributed by atoms with Gasteiger partial charge in [0.05, 0.1) is 0 Å². The van der Waals surface area contributed by atoms with Gasteiger partial charge in [-0.15, -0.1) is 11.3 Å². The molecule has 0 radical (unpaired) electrons. The van der Waals surface area contributed by atoms with Crippen LogP contribution in [0.3, 0.4) is 0 Å². The predicted octanol–water partition coefficient (Wildman–Crippen LogP) is 4.30. The Balaban J connectivity index is 1.64. The lowest BCUT2D eigenvalue weighted by atomic mass is 10.1. The van der Waals surface area contributed by atoms with Gasteiger partial charge in [-0.05, 0) is 34.4 Å². The second kappa shape index (κ2) is 4.52. The van der Waals surface area contributed by atoms with Gasteiger partial charge in [0.2, 0.25) is 0 Å². The number of benzene rings is 1. The van der Waals surface area contributed by atoms with Crippen LogP contribution in [0.5, 0.6) is 0 Å². The Morgan fingerprint density at radius 1 is 1.22 bits per heavy atom. The summed E-state index contributed by atoms with van der Waals surface area (Å²) in [7, 11) is 0. The third kappa shape index (κ3) is 2.50. The van der Waals surface area contributed by atoms with Crippen molar-refractivity contribution in [2.45, 2.75) is 32.9 Å². The molecular weight excluding hydrogens is 238 g/mol. The van der Waals surface area contributed by atoms with Crippen LogP contribution in [0, 0.1) is 5.41 Å². The van der Waals surface area contributed by atoms with E-state index in [0.29, 0.717) is 11.5 Å². The van der Waals surface area contributed by atoms with Crippen LogP contribution in [0.4, 0.5) is 0 Å². The Kier molecular flexibility index (Phi) is 3.00. The third-order valence-electron chi connectivity index (χ3n) is 3.80. The molecule has 0 amide bonds. The van der Waals surface area contributed by atoms with Crippen molar-refractivity contribution in [1.82, 2.24) is 5.32 Å². The molecule has 0 aliphatic heterocycles. The van der Waals surface area contributed by atoms with Crippen molar-refractivity contribution in [3.63, 3.8) is 0 Å². The highest BCUT2D eigenvalue weighted by atomic mass is 32.1. The van der Waals surface area contributed by atoms with Gasteiger partial charge in [0.1, 0.15) is 0 Å². The van der Waals surface area contributed by atoms with Crippen molar-refractivity contribution in [3.05, 3.63) is 46.7 Å². The van der Waals surface area contributed by atoms with E-state index in [4.69, 9.17) is 0 Å². The molecule has 0 spiro atoms. The van der Waals surface area contributed by atoms with Gasteiger partial charge in [-0.1, -0.05) is 44.2 Å². The highest BCUT2D eigenvalue weighted by Crippen LogP contribution is 2.44. The molecule has 1 unspecified atom stereocenters. The molecule has 1 aromatic carbocycles. The van der Waals surface area contributed by atoms with Crippen LogP contribution in [0.1, 0.15) is 25.1 Å². The molecule has 2 heteroatoms. The first-order chi connectivity index (χ1) is 8.65. The molecule has 1 aliphatic carbocycles. The molecule has 3 rings (SSSR count). The van der Waals surface area contributed by atoms with E-state index in [9.17, 15) is 0 Å². The number of nitrogens with one attached hydrogen (secondary N) is 1. The van der Waals surface area contributed by atoms with Crippen LogP contribution >= 0.6 is 11.3 Å². The predicted molar refractivity (Wildman–Crippen MR) is 78.8 cm³/mol. The van der Waals surface area contributed by atoms with E-state index < -0.39 is 0 Å². The molecule has 0 bridgehead atoms. The third-order valence-corrected chi connectivity index (χ3v) is 4.73. The van der Waals surface area contributed by atoms with Gasteiger partial charge < -0.3 is 5.32 Å².